The first kappa shape index (κ1) is 8.51. The molecule has 0 aliphatic rings. The number of hydrogen-bond acceptors (Lipinski definition) is 1. The molecule has 0 saturated heterocycles. The Balaban J connectivity index is 2.96. The molecule has 0 amide bonds. The van der Waals surface area contributed by atoms with E-state index in [1.165, 1.54) is 0 Å². The van der Waals surface area contributed by atoms with Crippen molar-refractivity contribution in [1.82, 2.24) is 0 Å². The molecule has 0 radical (unpaired) electrons. The third-order valence-electron chi connectivity index (χ3n) is 1.65. The van der Waals surface area contributed by atoms with Gasteiger partial charge < -0.3 is 0 Å². The fourth-order valence-corrected chi connectivity index (χ4v) is 1.02. The minimum Gasteiger partial charge on any atom is -0.298 e. The van der Waals surface area contributed by atoms with Crippen LogP contribution in [0.3, 0.4) is 0 Å². The molecule has 0 fully saturated rings. The van der Waals surface area contributed by atoms with Gasteiger partial charge in [-0.15, -0.1) is 5.73 Å². The van der Waals surface area contributed by atoms with E-state index in [9.17, 15) is 4.79 Å². The van der Waals surface area contributed by atoms with E-state index in [4.69, 9.17) is 0 Å². The van der Waals surface area contributed by atoms with Crippen molar-refractivity contribution < 1.29 is 4.79 Å². The molecule has 12 heavy (non-hydrogen) atoms. The van der Waals surface area contributed by atoms with Crippen molar-refractivity contribution in [1.29, 1.82) is 0 Å². The van der Waals surface area contributed by atoms with Crippen LogP contribution in [0.25, 0.3) is 0 Å². The van der Waals surface area contributed by atoms with Crippen LogP contribution in [0, 0.1) is 0 Å². The van der Waals surface area contributed by atoms with E-state index < -0.39 is 0 Å². The van der Waals surface area contributed by atoms with Gasteiger partial charge in [-0.05, 0) is 18.1 Å². The van der Waals surface area contributed by atoms with Crippen LogP contribution in [0.2, 0.25) is 0 Å². The Morgan fingerprint density at radius 3 is 2.83 bits per heavy atom. The van der Waals surface area contributed by atoms with Crippen molar-refractivity contribution >= 4 is 6.29 Å². The zero-order chi connectivity index (χ0) is 8.81. The lowest BCUT2D eigenvalue weighted by atomic mass is 10.1. The lowest BCUT2D eigenvalue weighted by Gasteiger charge is -1.98. The summed E-state index contributed by atoms with van der Waals surface area (Å²) < 4.78 is 0. The lowest BCUT2D eigenvalue weighted by molar-refractivity contribution is 0.112. The van der Waals surface area contributed by atoms with E-state index >= 15 is 0 Å². The van der Waals surface area contributed by atoms with Crippen molar-refractivity contribution in [3.05, 3.63) is 53.8 Å². The van der Waals surface area contributed by atoms with Crippen LogP contribution >= 0.6 is 0 Å². The zero-order valence-electron chi connectivity index (χ0n) is 6.79. The van der Waals surface area contributed by atoms with Gasteiger partial charge in [0, 0.05) is 5.56 Å². The summed E-state index contributed by atoms with van der Waals surface area (Å²) >= 11 is 0. The zero-order valence-corrected chi connectivity index (χ0v) is 6.79. The Bertz CT molecular complexity index is 320. The van der Waals surface area contributed by atoms with Gasteiger partial charge in [-0.25, -0.2) is 0 Å². The molecule has 1 nitrogen and oxygen atoms in total. The maximum atomic E-state index is 10.5. The molecule has 0 spiro atoms. The molecule has 1 heteroatoms. The molecule has 0 atom stereocenters. The SMILES string of the molecule is C=C=CCc1ccccc1C=O. The summed E-state index contributed by atoms with van der Waals surface area (Å²) in [5.41, 5.74) is 4.43. The number of benzene rings is 1. The topological polar surface area (TPSA) is 17.1 Å². The first-order chi connectivity index (χ1) is 5.88. The van der Waals surface area contributed by atoms with Gasteiger partial charge in [0.05, 0.1) is 0 Å². The Hall–Kier alpha value is -1.59. The molecular formula is C11H10O. The second-order valence-electron chi connectivity index (χ2n) is 2.43. The summed E-state index contributed by atoms with van der Waals surface area (Å²) in [7, 11) is 0. The third-order valence-corrected chi connectivity index (χ3v) is 1.65. The minimum absolute atomic E-state index is 0.721. The fourth-order valence-electron chi connectivity index (χ4n) is 1.02. The van der Waals surface area contributed by atoms with Crippen LogP contribution in [-0.4, -0.2) is 6.29 Å². The van der Waals surface area contributed by atoms with E-state index in [-0.39, 0.29) is 0 Å². The average Bonchev–Trinajstić information content (AvgIpc) is 2.15. The van der Waals surface area contributed by atoms with Crippen LogP contribution in [0.1, 0.15) is 15.9 Å². The fraction of sp³-hybridized carbons (Fsp3) is 0.0909. The second-order valence-corrected chi connectivity index (χ2v) is 2.43. The predicted molar refractivity (Wildman–Crippen MR) is 49.2 cm³/mol. The molecule has 0 bridgehead atoms. The van der Waals surface area contributed by atoms with Gasteiger partial charge in [-0.3, -0.25) is 4.79 Å². The van der Waals surface area contributed by atoms with E-state index in [1.54, 1.807) is 6.07 Å². The lowest BCUT2D eigenvalue weighted by Crippen LogP contribution is -1.89. The van der Waals surface area contributed by atoms with Gasteiger partial charge in [0.1, 0.15) is 6.29 Å². The van der Waals surface area contributed by atoms with E-state index in [1.807, 2.05) is 24.3 Å². The normalized spacial score (nSPS) is 8.67. The molecule has 60 valence electrons. The summed E-state index contributed by atoms with van der Waals surface area (Å²) in [6.45, 7) is 3.46. The first-order valence-corrected chi connectivity index (χ1v) is 3.76. The Morgan fingerprint density at radius 1 is 1.42 bits per heavy atom. The summed E-state index contributed by atoms with van der Waals surface area (Å²) in [5, 5.41) is 0. The summed E-state index contributed by atoms with van der Waals surface area (Å²) in [4.78, 5) is 10.5. The predicted octanol–water partition coefficient (Wildman–Crippen LogP) is 2.38. The quantitative estimate of drug-likeness (QED) is 0.487. The molecule has 0 aromatic heterocycles. The van der Waals surface area contributed by atoms with E-state index in [0.717, 1.165) is 23.8 Å². The largest absolute Gasteiger partial charge is 0.298 e. The summed E-state index contributed by atoms with van der Waals surface area (Å²) in [6, 6.07) is 7.50. The maximum absolute atomic E-state index is 10.5. The maximum Gasteiger partial charge on any atom is 0.150 e. The molecule has 0 saturated carbocycles. The number of rotatable bonds is 3. The summed E-state index contributed by atoms with van der Waals surface area (Å²) in [6.07, 6.45) is 3.40. The Labute approximate surface area is 72.0 Å². The average molecular weight is 158 g/mol. The molecule has 0 heterocycles. The highest BCUT2D eigenvalue weighted by Gasteiger charge is 1.96. The van der Waals surface area contributed by atoms with Gasteiger partial charge in [0.15, 0.2) is 0 Å². The third kappa shape index (κ3) is 1.94. The first-order valence-electron chi connectivity index (χ1n) is 3.76. The number of carbonyl (C=O) groups excluding carboxylic acids is 1. The highest BCUT2D eigenvalue weighted by atomic mass is 16.1. The summed E-state index contributed by atoms with van der Waals surface area (Å²) in [5.74, 6) is 0. The molecule has 0 aliphatic carbocycles. The van der Waals surface area contributed by atoms with Crippen molar-refractivity contribution in [2.24, 2.45) is 0 Å². The van der Waals surface area contributed by atoms with Crippen molar-refractivity contribution in [3.63, 3.8) is 0 Å². The number of carbonyl (C=O) groups is 1. The van der Waals surface area contributed by atoms with Crippen LogP contribution in [-0.2, 0) is 6.42 Å². The van der Waals surface area contributed by atoms with Crippen LogP contribution in [0.15, 0.2) is 42.7 Å². The van der Waals surface area contributed by atoms with Crippen LogP contribution in [0.4, 0.5) is 0 Å². The smallest absolute Gasteiger partial charge is 0.150 e. The molecule has 1 aromatic carbocycles. The second kappa shape index (κ2) is 4.32. The van der Waals surface area contributed by atoms with Gasteiger partial charge >= 0.3 is 0 Å². The van der Waals surface area contributed by atoms with E-state index in [2.05, 4.69) is 12.3 Å². The van der Waals surface area contributed by atoms with E-state index in [0.29, 0.717) is 0 Å². The highest BCUT2D eigenvalue weighted by Crippen LogP contribution is 2.06. The van der Waals surface area contributed by atoms with Crippen LogP contribution in [0.5, 0.6) is 0 Å². The standard InChI is InChI=1S/C11H10O/c1-2-3-6-10-7-4-5-8-11(10)9-12/h3-5,7-9H,1,6H2. The Kier molecular flexibility index (Phi) is 3.06. The molecule has 1 aromatic rings. The van der Waals surface area contributed by atoms with Crippen molar-refractivity contribution in [2.75, 3.05) is 0 Å². The molecule has 0 unspecified atom stereocenters. The van der Waals surface area contributed by atoms with Gasteiger partial charge in [0.2, 0.25) is 0 Å². The highest BCUT2D eigenvalue weighted by molar-refractivity contribution is 5.77. The Morgan fingerprint density at radius 2 is 2.17 bits per heavy atom. The van der Waals surface area contributed by atoms with Crippen molar-refractivity contribution in [2.45, 2.75) is 6.42 Å². The van der Waals surface area contributed by atoms with Gasteiger partial charge in [0.25, 0.3) is 0 Å². The molecule has 0 aliphatic heterocycles. The molecule has 1 rings (SSSR count). The number of aldehydes is 1. The number of allylic oxidation sites excluding steroid dienone is 1. The molecular weight excluding hydrogens is 148 g/mol. The molecule has 0 N–H and O–H groups in total. The number of hydrogen-bond donors (Lipinski definition) is 0. The monoisotopic (exact) mass is 158 g/mol. The van der Waals surface area contributed by atoms with Gasteiger partial charge in [-0.2, -0.15) is 0 Å². The van der Waals surface area contributed by atoms with Crippen molar-refractivity contribution in [3.8, 4) is 0 Å². The van der Waals surface area contributed by atoms with Crippen LogP contribution < -0.4 is 0 Å². The van der Waals surface area contributed by atoms with Gasteiger partial charge in [-0.1, -0.05) is 30.8 Å². The minimum atomic E-state index is 0.721.